The third-order valence-corrected chi connectivity index (χ3v) is 12.6. The molecule has 3 heteroatoms. The molecule has 0 spiro atoms. The molecule has 290 valence electrons. The van der Waals surface area contributed by atoms with Gasteiger partial charge in [0.15, 0.2) is 5.82 Å². The third kappa shape index (κ3) is 5.67. The molecule has 1 aliphatic rings. The summed E-state index contributed by atoms with van der Waals surface area (Å²) in [5, 5.41) is 2.20. The van der Waals surface area contributed by atoms with Crippen LogP contribution in [0.4, 0.5) is 0 Å². The van der Waals surface area contributed by atoms with E-state index < -0.39 is 5.41 Å². The van der Waals surface area contributed by atoms with Crippen molar-refractivity contribution in [3.05, 3.63) is 253 Å². The van der Waals surface area contributed by atoms with Crippen LogP contribution < -0.4 is 0 Å². The van der Waals surface area contributed by atoms with Gasteiger partial charge in [-0.1, -0.05) is 200 Å². The number of rotatable bonds is 7. The molecule has 0 fully saturated rings. The fourth-order valence-corrected chi connectivity index (χ4v) is 9.89. The summed E-state index contributed by atoms with van der Waals surface area (Å²) in [6, 6.07) is 82.3. The summed E-state index contributed by atoms with van der Waals surface area (Å²) in [5.41, 5.74) is 18.1. The van der Waals surface area contributed by atoms with Crippen LogP contribution in [0.5, 0.6) is 0 Å². The lowest BCUT2D eigenvalue weighted by atomic mass is 9.66. The highest BCUT2D eigenvalue weighted by Crippen LogP contribution is 2.57. The Morgan fingerprint density at radius 1 is 0.306 bits per heavy atom. The summed E-state index contributed by atoms with van der Waals surface area (Å²) in [5.74, 6) is 0.678. The van der Waals surface area contributed by atoms with Gasteiger partial charge in [0.25, 0.3) is 0 Å². The second-order valence-corrected chi connectivity index (χ2v) is 16.0. The highest BCUT2D eigenvalue weighted by Gasteiger charge is 2.46. The molecule has 0 bridgehead atoms. The molecule has 12 rings (SSSR count). The number of fused-ring (bicyclic) bond motifs is 6. The van der Waals surface area contributed by atoms with E-state index in [1.165, 1.54) is 38.9 Å². The minimum absolute atomic E-state index is 0.529. The number of aromatic nitrogens is 2. The molecule has 0 unspecified atom stereocenters. The minimum atomic E-state index is -0.529. The number of benzene rings is 9. The van der Waals surface area contributed by atoms with Crippen LogP contribution in [-0.2, 0) is 5.41 Å². The second kappa shape index (κ2) is 14.5. The molecule has 0 atom stereocenters. The molecule has 9 aromatic carbocycles. The van der Waals surface area contributed by atoms with Crippen molar-refractivity contribution < 1.29 is 4.42 Å². The summed E-state index contributed by atoms with van der Waals surface area (Å²) in [6.07, 6.45) is 0. The van der Waals surface area contributed by atoms with Gasteiger partial charge in [0.05, 0.1) is 16.8 Å². The Kier molecular flexibility index (Phi) is 8.39. The Morgan fingerprint density at radius 2 is 0.823 bits per heavy atom. The smallest absolute Gasteiger partial charge is 0.160 e. The van der Waals surface area contributed by atoms with Crippen molar-refractivity contribution in [1.82, 2.24) is 9.97 Å². The average molecular weight is 791 g/mol. The second-order valence-electron chi connectivity index (χ2n) is 16.0. The predicted molar refractivity (Wildman–Crippen MR) is 254 cm³/mol. The Labute approximate surface area is 360 Å². The molecule has 62 heavy (non-hydrogen) atoms. The molecule has 1 aliphatic carbocycles. The van der Waals surface area contributed by atoms with Crippen molar-refractivity contribution in [3.63, 3.8) is 0 Å². The van der Waals surface area contributed by atoms with Gasteiger partial charge in [-0.05, 0) is 86.0 Å². The Morgan fingerprint density at radius 3 is 1.56 bits per heavy atom. The third-order valence-electron chi connectivity index (χ3n) is 12.6. The van der Waals surface area contributed by atoms with Gasteiger partial charge in [-0.3, -0.25) is 0 Å². The zero-order valence-electron chi connectivity index (χ0n) is 33.7. The van der Waals surface area contributed by atoms with Crippen LogP contribution in [0.2, 0.25) is 0 Å². The standard InChI is InChI=1S/C59H38N2O/c1-3-18-39(19-4-1)58-60-54(38-55(61-58)48-28-8-7-24-44(48)41-34-35-57-50(37-41)49-29-12-16-33-56(49)62-57)42-21-17-20-40(36-42)45-25-9-13-30-51(45)59(43-22-5-2-6-23-43)52-31-14-10-26-46(52)47-27-11-15-32-53(47)59/h1-38H. The van der Waals surface area contributed by atoms with Crippen LogP contribution in [0.3, 0.4) is 0 Å². The zero-order chi connectivity index (χ0) is 41.0. The van der Waals surface area contributed by atoms with Gasteiger partial charge in [-0.2, -0.15) is 0 Å². The number of hydrogen-bond acceptors (Lipinski definition) is 3. The molecule has 0 saturated carbocycles. The van der Waals surface area contributed by atoms with Gasteiger partial charge in [0.2, 0.25) is 0 Å². The van der Waals surface area contributed by atoms with Crippen LogP contribution >= 0.6 is 0 Å². The van der Waals surface area contributed by atoms with Crippen LogP contribution in [0.25, 0.3) is 89.2 Å². The molecule has 0 saturated heterocycles. The maximum absolute atomic E-state index is 6.20. The van der Waals surface area contributed by atoms with Crippen LogP contribution in [-0.4, -0.2) is 9.97 Å². The lowest BCUT2D eigenvalue weighted by molar-refractivity contribution is 0.669. The number of hydrogen-bond donors (Lipinski definition) is 0. The topological polar surface area (TPSA) is 38.9 Å². The normalized spacial score (nSPS) is 12.6. The maximum Gasteiger partial charge on any atom is 0.160 e. The van der Waals surface area contributed by atoms with E-state index in [0.717, 1.165) is 66.7 Å². The van der Waals surface area contributed by atoms with E-state index in [1.807, 2.05) is 30.3 Å². The van der Waals surface area contributed by atoms with Crippen molar-refractivity contribution in [2.24, 2.45) is 0 Å². The van der Waals surface area contributed by atoms with E-state index in [4.69, 9.17) is 14.4 Å². The first-order chi connectivity index (χ1) is 30.7. The summed E-state index contributed by atoms with van der Waals surface area (Å²) >= 11 is 0. The molecule has 11 aromatic rings. The SMILES string of the molecule is c1ccc(-c2nc(-c3cccc(-c4ccccc4C4(c5ccccc5)c5ccccc5-c5ccccc54)c3)cc(-c3ccccc3-c3ccc4oc5ccccc5c4c3)n2)cc1. The van der Waals surface area contributed by atoms with Crippen molar-refractivity contribution in [2.45, 2.75) is 5.41 Å². The van der Waals surface area contributed by atoms with Gasteiger partial charge < -0.3 is 4.42 Å². The van der Waals surface area contributed by atoms with Gasteiger partial charge in [0, 0.05) is 27.5 Å². The lowest BCUT2D eigenvalue weighted by Crippen LogP contribution is -2.29. The molecule has 2 aromatic heterocycles. The largest absolute Gasteiger partial charge is 0.456 e. The fourth-order valence-electron chi connectivity index (χ4n) is 9.89. The van der Waals surface area contributed by atoms with E-state index in [1.54, 1.807) is 0 Å². The Hall–Kier alpha value is -8.14. The van der Waals surface area contributed by atoms with E-state index in [9.17, 15) is 0 Å². The molecule has 0 N–H and O–H groups in total. The van der Waals surface area contributed by atoms with Gasteiger partial charge in [-0.15, -0.1) is 0 Å². The average Bonchev–Trinajstić information content (AvgIpc) is 3.88. The predicted octanol–water partition coefficient (Wildman–Crippen LogP) is 15.1. The van der Waals surface area contributed by atoms with Crippen LogP contribution in [0, 0.1) is 0 Å². The van der Waals surface area contributed by atoms with Crippen molar-refractivity contribution in [1.29, 1.82) is 0 Å². The van der Waals surface area contributed by atoms with E-state index >= 15 is 0 Å². The summed E-state index contributed by atoms with van der Waals surface area (Å²) in [4.78, 5) is 10.6. The number of furan rings is 1. The molecule has 0 amide bonds. The molecule has 0 aliphatic heterocycles. The maximum atomic E-state index is 6.20. The van der Waals surface area contributed by atoms with Crippen molar-refractivity contribution in [2.75, 3.05) is 0 Å². The summed E-state index contributed by atoms with van der Waals surface area (Å²) in [6.45, 7) is 0. The van der Waals surface area contributed by atoms with E-state index in [-0.39, 0.29) is 0 Å². The molecule has 3 nitrogen and oxygen atoms in total. The van der Waals surface area contributed by atoms with Crippen LogP contribution in [0.1, 0.15) is 22.3 Å². The molecular weight excluding hydrogens is 753 g/mol. The first-order valence-corrected chi connectivity index (χ1v) is 21.1. The van der Waals surface area contributed by atoms with Crippen LogP contribution in [0.15, 0.2) is 235 Å². The first kappa shape index (κ1) is 35.8. The molecular formula is C59H38N2O. The zero-order valence-corrected chi connectivity index (χ0v) is 33.7. The van der Waals surface area contributed by atoms with E-state index in [2.05, 4.69) is 200 Å². The number of para-hydroxylation sites is 1. The summed E-state index contributed by atoms with van der Waals surface area (Å²) < 4.78 is 6.20. The van der Waals surface area contributed by atoms with Crippen molar-refractivity contribution >= 4 is 21.9 Å². The fraction of sp³-hybridized carbons (Fsp3) is 0.0169. The Bertz CT molecular complexity index is 3430. The van der Waals surface area contributed by atoms with E-state index in [0.29, 0.717) is 5.82 Å². The van der Waals surface area contributed by atoms with Gasteiger partial charge >= 0.3 is 0 Å². The van der Waals surface area contributed by atoms with Crippen molar-refractivity contribution in [3.8, 4) is 67.3 Å². The minimum Gasteiger partial charge on any atom is -0.456 e. The van der Waals surface area contributed by atoms with Gasteiger partial charge in [0.1, 0.15) is 11.2 Å². The monoisotopic (exact) mass is 790 g/mol. The summed E-state index contributed by atoms with van der Waals surface area (Å²) in [7, 11) is 0. The Balaban J connectivity index is 1.04. The lowest BCUT2D eigenvalue weighted by Gasteiger charge is -2.35. The first-order valence-electron chi connectivity index (χ1n) is 21.1. The number of nitrogens with zero attached hydrogens (tertiary/aromatic N) is 2. The quantitative estimate of drug-likeness (QED) is 0.161. The highest BCUT2D eigenvalue weighted by atomic mass is 16.3. The molecule has 2 heterocycles. The highest BCUT2D eigenvalue weighted by molar-refractivity contribution is 6.06. The van der Waals surface area contributed by atoms with Gasteiger partial charge in [-0.25, -0.2) is 9.97 Å². The molecule has 0 radical (unpaired) electrons.